The fraction of sp³-hybridized carbons (Fsp3) is 0.650. The van der Waals surface area contributed by atoms with Crippen molar-refractivity contribution < 1.29 is 9.53 Å². The number of amides is 1. The second kappa shape index (κ2) is 8.19. The summed E-state index contributed by atoms with van der Waals surface area (Å²) in [6.07, 6.45) is 2.96. The second-order valence-electron chi connectivity index (χ2n) is 7.47. The SMILES string of the molecule is CCc1cccc(OC2CN(C(=O)CCN(C)[C@@H]3CCN(C)C3)C2)c1. The minimum Gasteiger partial charge on any atom is -0.487 e. The van der Waals surface area contributed by atoms with Crippen molar-refractivity contribution in [1.29, 1.82) is 0 Å². The third-order valence-electron chi connectivity index (χ3n) is 5.48. The van der Waals surface area contributed by atoms with Gasteiger partial charge in [-0.25, -0.2) is 0 Å². The molecule has 138 valence electrons. The highest BCUT2D eigenvalue weighted by Gasteiger charge is 2.32. The van der Waals surface area contributed by atoms with Gasteiger partial charge in [-0.15, -0.1) is 0 Å². The Morgan fingerprint density at radius 3 is 2.80 bits per heavy atom. The van der Waals surface area contributed by atoms with Crippen LogP contribution in [0.1, 0.15) is 25.3 Å². The summed E-state index contributed by atoms with van der Waals surface area (Å²) in [4.78, 5) is 19.0. The van der Waals surface area contributed by atoms with Crippen molar-refractivity contribution in [2.45, 2.75) is 38.3 Å². The van der Waals surface area contributed by atoms with E-state index in [2.05, 4.69) is 43.0 Å². The van der Waals surface area contributed by atoms with E-state index in [0.29, 0.717) is 25.6 Å². The number of ether oxygens (including phenoxy) is 1. The molecule has 2 aliphatic heterocycles. The molecule has 0 bridgehead atoms. The summed E-state index contributed by atoms with van der Waals surface area (Å²) in [5, 5.41) is 0. The number of carbonyl (C=O) groups is 1. The summed E-state index contributed by atoms with van der Waals surface area (Å²) in [6, 6.07) is 8.83. The molecule has 1 atom stereocenters. The predicted octanol–water partition coefficient (Wildman–Crippen LogP) is 1.86. The topological polar surface area (TPSA) is 36.0 Å². The van der Waals surface area contributed by atoms with Gasteiger partial charge in [0.15, 0.2) is 0 Å². The number of likely N-dealkylation sites (tertiary alicyclic amines) is 2. The van der Waals surface area contributed by atoms with Gasteiger partial charge in [-0.2, -0.15) is 0 Å². The second-order valence-corrected chi connectivity index (χ2v) is 7.47. The van der Waals surface area contributed by atoms with E-state index >= 15 is 0 Å². The Labute approximate surface area is 151 Å². The van der Waals surface area contributed by atoms with Gasteiger partial charge in [0.25, 0.3) is 0 Å². The van der Waals surface area contributed by atoms with Crippen LogP contribution in [0.15, 0.2) is 24.3 Å². The van der Waals surface area contributed by atoms with Gasteiger partial charge in [-0.05, 0) is 51.2 Å². The maximum absolute atomic E-state index is 12.3. The molecule has 2 saturated heterocycles. The molecular weight excluding hydrogens is 314 g/mol. The molecule has 2 heterocycles. The number of rotatable bonds is 7. The van der Waals surface area contributed by atoms with Crippen molar-refractivity contribution in [3.8, 4) is 5.75 Å². The molecular formula is C20H31N3O2. The molecule has 5 nitrogen and oxygen atoms in total. The summed E-state index contributed by atoms with van der Waals surface area (Å²) >= 11 is 0. The van der Waals surface area contributed by atoms with Crippen LogP contribution < -0.4 is 4.74 Å². The Balaban J connectivity index is 1.36. The van der Waals surface area contributed by atoms with Crippen molar-refractivity contribution in [3.63, 3.8) is 0 Å². The highest BCUT2D eigenvalue weighted by atomic mass is 16.5. The summed E-state index contributed by atoms with van der Waals surface area (Å²) in [6.45, 7) is 6.69. The van der Waals surface area contributed by atoms with E-state index in [1.54, 1.807) is 0 Å². The molecule has 0 unspecified atom stereocenters. The van der Waals surface area contributed by atoms with Crippen LogP contribution in [0.3, 0.4) is 0 Å². The zero-order chi connectivity index (χ0) is 17.8. The number of aryl methyl sites for hydroxylation is 1. The Morgan fingerprint density at radius 1 is 1.32 bits per heavy atom. The summed E-state index contributed by atoms with van der Waals surface area (Å²) in [7, 11) is 4.30. The largest absolute Gasteiger partial charge is 0.487 e. The maximum Gasteiger partial charge on any atom is 0.224 e. The average Bonchev–Trinajstić information content (AvgIpc) is 3.02. The van der Waals surface area contributed by atoms with Crippen LogP contribution in [0.25, 0.3) is 0 Å². The van der Waals surface area contributed by atoms with E-state index in [-0.39, 0.29) is 12.0 Å². The van der Waals surface area contributed by atoms with Gasteiger partial charge in [0, 0.05) is 25.6 Å². The van der Waals surface area contributed by atoms with Gasteiger partial charge < -0.3 is 19.4 Å². The van der Waals surface area contributed by atoms with Crippen LogP contribution in [-0.4, -0.2) is 79.6 Å². The Hall–Kier alpha value is -1.59. The van der Waals surface area contributed by atoms with Gasteiger partial charge in [-0.3, -0.25) is 4.79 Å². The fourth-order valence-corrected chi connectivity index (χ4v) is 3.63. The lowest BCUT2D eigenvalue weighted by atomic mass is 10.1. The molecule has 1 aromatic carbocycles. The predicted molar refractivity (Wildman–Crippen MR) is 100.0 cm³/mol. The van der Waals surface area contributed by atoms with Gasteiger partial charge in [0.1, 0.15) is 11.9 Å². The summed E-state index contributed by atoms with van der Waals surface area (Å²) in [5.74, 6) is 1.17. The van der Waals surface area contributed by atoms with Crippen LogP contribution >= 0.6 is 0 Å². The number of hydrogen-bond acceptors (Lipinski definition) is 4. The molecule has 0 saturated carbocycles. The van der Waals surface area contributed by atoms with Gasteiger partial charge >= 0.3 is 0 Å². The van der Waals surface area contributed by atoms with Crippen LogP contribution in [0, 0.1) is 0 Å². The number of nitrogens with zero attached hydrogens (tertiary/aromatic N) is 3. The zero-order valence-electron chi connectivity index (χ0n) is 15.8. The lowest BCUT2D eigenvalue weighted by molar-refractivity contribution is -0.140. The van der Waals surface area contributed by atoms with Crippen molar-refractivity contribution in [1.82, 2.24) is 14.7 Å². The van der Waals surface area contributed by atoms with Gasteiger partial charge in [0.2, 0.25) is 5.91 Å². The van der Waals surface area contributed by atoms with Crippen molar-refractivity contribution in [2.24, 2.45) is 0 Å². The minimum absolute atomic E-state index is 0.136. The van der Waals surface area contributed by atoms with Gasteiger partial charge in [0.05, 0.1) is 13.1 Å². The minimum atomic E-state index is 0.136. The standard InChI is InChI=1S/C20H31N3O2/c1-4-16-6-5-7-18(12-16)25-19-14-23(15-19)20(24)9-11-22(3)17-8-10-21(2)13-17/h5-7,12,17,19H,4,8-11,13-15H2,1-3H3/t17-/m1/s1. The van der Waals surface area contributed by atoms with E-state index < -0.39 is 0 Å². The quantitative estimate of drug-likeness (QED) is 0.756. The Kier molecular flexibility index (Phi) is 5.97. The highest BCUT2D eigenvalue weighted by Crippen LogP contribution is 2.20. The average molecular weight is 345 g/mol. The molecule has 0 N–H and O–H groups in total. The molecule has 1 amide bonds. The fourth-order valence-electron chi connectivity index (χ4n) is 3.63. The first-order chi connectivity index (χ1) is 12.0. The normalized spacial score (nSPS) is 21.6. The molecule has 25 heavy (non-hydrogen) atoms. The van der Waals surface area contributed by atoms with Crippen molar-refractivity contribution in [3.05, 3.63) is 29.8 Å². The number of likely N-dealkylation sites (N-methyl/N-ethyl adjacent to an activating group) is 2. The first-order valence-corrected chi connectivity index (χ1v) is 9.47. The van der Waals surface area contributed by atoms with Gasteiger partial charge in [-0.1, -0.05) is 19.1 Å². The number of benzene rings is 1. The molecule has 0 radical (unpaired) electrons. The zero-order valence-corrected chi connectivity index (χ0v) is 15.8. The van der Waals surface area contributed by atoms with E-state index in [1.165, 1.54) is 12.0 Å². The first kappa shape index (κ1) is 18.2. The Bertz CT molecular complexity index is 586. The van der Waals surface area contributed by atoms with Crippen LogP contribution in [-0.2, 0) is 11.2 Å². The van der Waals surface area contributed by atoms with Crippen molar-refractivity contribution in [2.75, 3.05) is 46.8 Å². The smallest absolute Gasteiger partial charge is 0.224 e. The molecule has 3 rings (SSSR count). The molecule has 0 aliphatic carbocycles. The molecule has 2 fully saturated rings. The number of hydrogen-bond donors (Lipinski definition) is 0. The molecule has 1 aromatic rings. The molecule has 0 spiro atoms. The maximum atomic E-state index is 12.3. The van der Waals surface area contributed by atoms with Crippen LogP contribution in [0.4, 0.5) is 0 Å². The third-order valence-corrected chi connectivity index (χ3v) is 5.48. The lowest BCUT2D eigenvalue weighted by Crippen LogP contribution is -2.56. The summed E-state index contributed by atoms with van der Waals surface area (Å²) in [5.41, 5.74) is 1.28. The summed E-state index contributed by atoms with van der Waals surface area (Å²) < 4.78 is 5.98. The number of carbonyl (C=O) groups excluding carboxylic acids is 1. The lowest BCUT2D eigenvalue weighted by Gasteiger charge is -2.39. The Morgan fingerprint density at radius 2 is 2.12 bits per heavy atom. The van der Waals surface area contributed by atoms with Crippen LogP contribution in [0.2, 0.25) is 0 Å². The third kappa shape index (κ3) is 4.73. The first-order valence-electron chi connectivity index (χ1n) is 9.47. The molecule has 2 aliphatic rings. The van der Waals surface area contributed by atoms with Crippen molar-refractivity contribution >= 4 is 5.91 Å². The monoisotopic (exact) mass is 345 g/mol. The molecule has 0 aromatic heterocycles. The van der Waals surface area contributed by atoms with E-state index in [9.17, 15) is 4.79 Å². The van der Waals surface area contributed by atoms with E-state index in [1.807, 2.05) is 17.0 Å². The van der Waals surface area contributed by atoms with Crippen LogP contribution in [0.5, 0.6) is 5.75 Å². The van der Waals surface area contributed by atoms with E-state index in [0.717, 1.165) is 31.8 Å². The highest BCUT2D eigenvalue weighted by molar-refractivity contribution is 5.77. The molecule has 5 heteroatoms. The van der Waals surface area contributed by atoms with E-state index in [4.69, 9.17) is 4.74 Å².